The molecular formula is C19H22N4. The summed E-state index contributed by atoms with van der Waals surface area (Å²) in [7, 11) is 0. The fourth-order valence-electron chi connectivity index (χ4n) is 3.43. The first-order chi connectivity index (χ1) is 11.3. The molecule has 0 radical (unpaired) electrons. The van der Waals surface area contributed by atoms with Gasteiger partial charge in [0.05, 0.1) is 0 Å². The standard InChI is InChI=1S/C19H22N4/c1-14-9-11-23-17(12-14)22-18(15-6-5-10-20-13-15)19(23)21-16-7-3-2-4-8-16/h5-6,9-13,16,21H,2-4,7-8H2,1H3. The molecule has 1 aliphatic rings. The Bertz CT molecular complexity index is 801. The number of anilines is 1. The SMILES string of the molecule is Cc1ccn2c(NC3CCCCC3)c(-c3cccnc3)nc2c1. The molecule has 3 aromatic rings. The van der Waals surface area contributed by atoms with Gasteiger partial charge in [0.2, 0.25) is 0 Å². The van der Waals surface area contributed by atoms with Gasteiger partial charge in [-0.1, -0.05) is 19.3 Å². The predicted octanol–water partition coefficient (Wildman–Crippen LogP) is 4.45. The highest BCUT2D eigenvalue weighted by atomic mass is 15.1. The molecule has 3 aromatic heterocycles. The van der Waals surface area contributed by atoms with E-state index < -0.39 is 0 Å². The van der Waals surface area contributed by atoms with Gasteiger partial charge in [0.25, 0.3) is 0 Å². The van der Waals surface area contributed by atoms with Crippen molar-refractivity contribution in [3.63, 3.8) is 0 Å². The minimum Gasteiger partial charge on any atom is -0.367 e. The molecule has 0 spiro atoms. The third-order valence-corrected chi connectivity index (χ3v) is 4.66. The lowest BCUT2D eigenvalue weighted by molar-refractivity contribution is 0.462. The van der Waals surface area contributed by atoms with Crippen LogP contribution in [0.15, 0.2) is 42.9 Å². The van der Waals surface area contributed by atoms with Gasteiger partial charge in [-0.15, -0.1) is 0 Å². The average molecular weight is 306 g/mol. The second-order valence-corrected chi connectivity index (χ2v) is 6.46. The zero-order chi connectivity index (χ0) is 15.6. The van der Waals surface area contributed by atoms with Gasteiger partial charge in [-0.3, -0.25) is 9.38 Å². The highest BCUT2D eigenvalue weighted by molar-refractivity contribution is 5.76. The molecule has 1 aliphatic carbocycles. The van der Waals surface area contributed by atoms with Gasteiger partial charge in [-0.25, -0.2) is 4.98 Å². The Kier molecular flexibility index (Phi) is 3.74. The first kappa shape index (κ1) is 14.2. The number of hydrogen-bond acceptors (Lipinski definition) is 3. The molecule has 4 rings (SSSR count). The van der Waals surface area contributed by atoms with E-state index in [1.807, 2.05) is 12.3 Å². The first-order valence-electron chi connectivity index (χ1n) is 8.47. The zero-order valence-corrected chi connectivity index (χ0v) is 13.5. The molecule has 1 N–H and O–H groups in total. The molecule has 1 saturated carbocycles. The Morgan fingerprint density at radius 2 is 2.04 bits per heavy atom. The molecule has 0 saturated heterocycles. The molecule has 0 aromatic carbocycles. The van der Waals surface area contributed by atoms with Crippen LogP contribution in [0.4, 0.5) is 5.82 Å². The van der Waals surface area contributed by atoms with Crippen LogP contribution in [0.3, 0.4) is 0 Å². The predicted molar refractivity (Wildman–Crippen MR) is 93.7 cm³/mol. The number of hydrogen-bond donors (Lipinski definition) is 1. The molecule has 4 heteroatoms. The zero-order valence-electron chi connectivity index (χ0n) is 13.5. The fourth-order valence-corrected chi connectivity index (χ4v) is 3.43. The Labute approximate surface area is 136 Å². The van der Waals surface area contributed by atoms with E-state index in [4.69, 9.17) is 4.98 Å². The fraction of sp³-hybridized carbons (Fsp3) is 0.368. The molecule has 0 unspecified atom stereocenters. The van der Waals surface area contributed by atoms with Gasteiger partial charge in [0.15, 0.2) is 0 Å². The first-order valence-corrected chi connectivity index (χ1v) is 8.47. The van der Waals surface area contributed by atoms with Crippen molar-refractivity contribution in [2.45, 2.75) is 45.1 Å². The van der Waals surface area contributed by atoms with Gasteiger partial charge < -0.3 is 5.32 Å². The second kappa shape index (κ2) is 6.03. The topological polar surface area (TPSA) is 42.2 Å². The van der Waals surface area contributed by atoms with Crippen molar-refractivity contribution in [1.29, 1.82) is 0 Å². The molecular weight excluding hydrogens is 284 g/mol. The van der Waals surface area contributed by atoms with Crippen molar-refractivity contribution in [3.05, 3.63) is 48.4 Å². The van der Waals surface area contributed by atoms with Crippen molar-refractivity contribution in [1.82, 2.24) is 14.4 Å². The van der Waals surface area contributed by atoms with Gasteiger partial charge in [-0.05, 0) is 49.6 Å². The molecule has 0 atom stereocenters. The van der Waals surface area contributed by atoms with Crippen LogP contribution in [-0.4, -0.2) is 20.4 Å². The van der Waals surface area contributed by atoms with Crippen LogP contribution in [-0.2, 0) is 0 Å². The van der Waals surface area contributed by atoms with E-state index in [0.717, 1.165) is 22.7 Å². The lowest BCUT2D eigenvalue weighted by Gasteiger charge is -2.24. The number of nitrogens with zero attached hydrogens (tertiary/aromatic N) is 3. The molecule has 3 heterocycles. The van der Waals surface area contributed by atoms with Gasteiger partial charge in [-0.2, -0.15) is 0 Å². The second-order valence-electron chi connectivity index (χ2n) is 6.46. The Balaban J connectivity index is 1.81. The van der Waals surface area contributed by atoms with Gasteiger partial charge >= 0.3 is 0 Å². The Morgan fingerprint density at radius 1 is 1.17 bits per heavy atom. The van der Waals surface area contributed by atoms with Crippen molar-refractivity contribution in [2.75, 3.05) is 5.32 Å². The van der Waals surface area contributed by atoms with E-state index >= 15 is 0 Å². The number of rotatable bonds is 3. The number of nitrogens with one attached hydrogen (secondary N) is 1. The summed E-state index contributed by atoms with van der Waals surface area (Å²) < 4.78 is 2.17. The maximum Gasteiger partial charge on any atom is 0.139 e. The largest absolute Gasteiger partial charge is 0.367 e. The lowest BCUT2D eigenvalue weighted by Crippen LogP contribution is -2.23. The summed E-state index contributed by atoms with van der Waals surface area (Å²) in [6.45, 7) is 2.10. The van der Waals surface area contributed by atoms with Crippen LogP contribution in [0.2, 0.25) is 0 Å². The quantitative estimate of drug-likeness (QED) is 0.777. The monoisotopic (exact) mass is 306 g/mol. The Hall–Kier alpha value is -2.36. The minimum atomic E-state index is 0.542. The van der Waals surface area contributed by atoms with Crippen LogP contribution in [0, 0.1) is 6.92 Å². The van der Waals surface area contributed by atoms with E-state index in [1.54, 1.807) is 6.20 Å². The van der Waals surface area contributed by atoms with Crippen LogP contribution in [0.5, 0.6) is 0 Å². The summed E-state index contributed by atoms with van der Waals surface area (Å²) in [6, 6.07) is 8.85. The molecule has 23 heavy (non-hydrogen) atoms. The van der Waals surface area contributed by atoms with Crippen molar-refractivity contribution in [2.24, 2.45) is 0 Å². The minimum absolute atomic E-state index is 0.542. The van der Waals surface area contributed by atoms with E-state index in [1.165, 1.54) is 37.7 Å². The highest BCUT2D eigenvalue weighted by Gasteiger charge is 2.19. The number of pyridine rings is 2. The third kappa shape index (κ3) is 2.81. The normalized spacial score (nSPS) is 15.9. The molecule has 118 valence electrons. The molecule has 1 fully saturated rings. The summed E-state index contributed by atoms with van der Waals surface area (Å²) >= 11 is 0. The van der Waals surface area contributed by atoms with E-state index in [2.05, 4.69) is 46.0 Å². The van der Waals surface area contributed by atoms with E-state index in [-0.39, 0.29) is 0 Å². The molecule has 0 bridgehead atoms. The molecule has 4 nitrogen and oxygen atoms in total. The van der Waals surface area contributed by atoms with Crippen LogP contribution >= 0.6 is 0 Å². The summed E-state index contributed by atoms with van der Waals surface area (Å²) in [4.78, 5) is 9.13. The summed E-state index contributed by atoms with van der Waals surface area (Å²) in [5.74, 6) is 1.10. The molecule has 0 amide bonds. The molecule has 0 aliphatic heterocycles. The number of aromatic nitrogens is 3. The maximum atomic E-state index is 4.87. The van der Waals surface area contributed by atoms with E-state index in [0.29, 0.717) is 6.04 Å². The van der Waals surface area contributed by atoms with Gasteiger partial charge in [0.1, 0.15) is 17.2 Å². The number of aryl methyl sites for hydroxylation is 1. The smallest absolute Gasteiger partial charge is 0.139 e. The number of imidazole rings is 1. The summed E-state index contributed by atoms with van der Waals surface area (Å²) in [5.41, 5.74) is 4.27. The van der Waals surface area contributed by atoms with Crippen molar-refractivity contribution < 1.29 is 0 Å². The van der Waals surface area contributed by atoms with Crippen LogP contribution in [0.25, 0.3) is 16.9 Å². The lowest BCUT2D eigenvalue weighted by atomic mass is 9.95. The Morgan fingerprint density at radius 3 is 2.83 bits per heavy atom. The summed E-state index contributed by atoms with van der Waals surface area (Å²) in [5, 5.41) is 3.76. The average Bonchev–Trinajstić information content (AvgIpc) is 2.94. The third-order valence-electron chi connectivity index (χ3n) is 4.66. The van der Waals surface area contributed by atoms with Crippen molar-refractivity contribution >= 4 is 11.5 Å². The van der Waals surface area contributed by atoms with Crippen LogP contribution in [0.1, 0.15) is 37.7 Å². The maximum absolute atomic E-state index is 4.87. The summed E-state index contributed by atoms with van der Waals surface area (Å²) in [6.07, 6.45) is 12.3. The van der Waals surface area contributed by atoms with Gasteiger partial charge in [0, 0.05) is 30.2 Å². The van der Waals surface area contributed by atoms with E-state index in [9.17, 15) is 0 Å². The van der Waals surface area contributed by atoms with Crippen molar-refractivity contribution in [3.8, 4) is 11.3 Å². The number of fused-ring (bicyclic) bond motifs is 1. The highest BCUT2D eigenvalue weighted by Crippen LogP contribution is 2.31. The van der Waals surface area contributed by atoms with Crippen LogP contribution < -0.4 is 5.32 Å².